The van der Waals surface area contributed by atoms with E-state index >= 15 is 0 Å². The summed E-state index contributed by atoms with van der Waals surface area (Å²) in [5.74, 6) is 0.366. The molecule has 0 amide bonds. The molecule has 0 aliphatic carbocycles. The van der Waals surface area contributed by atoms with E-state index in [4.69, 9.17) is 11.6 Å². The summed E-state index contributed by atoms with van der Waals surface area (Å²) in [7, 11) is 0. The fraction of sp³-hybridized carbons (Fsp3) is 0.273. The number of carbonyl (C=O) groups is 1. The minimum Gasteiger partial charge on any atom is -0.357 e. The topological polar surface area (TPSA) is 43.2 Å². The lowest BCUT2D eigenvalue weighted by Gasteiger charge is -2.06. The number of rotatable bonds is 5. The number of aromatic nitrogens is 1. The molecule has 80 valence electrons. The van der Waals surface area contributed by atoms with Gasteiger partial charge in [-0.05, 0) is 0 Å². The number of hydrogen-bond donors (Lipinski definition) is 1. The first-order valence-electron chi connectivity index (χ1n) is 4.78. The molecule has 1 aromatic heterocycles. The summed E-state index contributed by atoms with van der Waals surface area (Å²) in [4.78, 5) is 14.1. The van der Waals surface area contributed by atoms with E-state index < -0.39 is 0 Å². The highest BCUT2D eigenvalue weighted by atomic mass is 35.5. The van der Waals surface area contributed by atoms with E-state index in [-0.39, 0.29) is 5.78 Å². The monoisotopic (exact) mass is 225 g/mol. The molecule has 0 unspecified atom stereocenters. The number of ketones is 1. The SMILES string of the molecule is CCC(=O)/C=C(\CCl)Nc1cc[nH+]cc1. The number of halogens is 1. The van der Waals surface area contributed by atoms with Gasteiger partial charge >= 0.3 is 0 Å². The first-order chi connectivity index (χ1) is 7.26. The maximum atomic E-state index is 11.2. The Hall–Kier alpha value is -1.35. The number of allylic oxidation sites excluding steroid dienone is 2. The van der Waals surface area contributed by atoms with Crippen molar-refractivity contribution in [1.29, 1.82) is 0 Å². The number of hydrogen-bond acceptors (Lipinski definition) is 2. The molecule has 0 radical (unpaired) electrons. The molecule has 0 aliphatic heterocycles. The van der Waals surface area contributed by atoms with Gasteiger partial charge in [-0.15, -0.1) is 11.6 Å². The van der Waals surface area contributed by atoms with E-state index in [2.05, 4.69) is 10.3 Å². The molecule has 0 saturated carbocycles. The standard InChI is InChI=1S/C11H13ClN2O/c1-2-11(15)7-10(8-12)14-9-3-5-13-6-4-9/h3-7H,2,8H2,1H3,(H,13,14)/p+1/b10-7+. The third-order valence-electron chi connectivity index (χ3n) is 1.85. The summed E-state index contributed by atoms with van der Waals surface area (Å²) in [6.45, 7) is 1.82. The molecule has 15 heavy (non-hydrogen) atoms. The molecule has 4 heteroatoms. The minimum atomic E-state index is 0.0700. The Balaban J connectivity index is 2.70. The van der Waals surface area contributed by atoms with E-state index in [1.54, 1.807) is 18.5 Å². The first-order valence-corrected chi connectivity index (χ1v) is 5.32. The van der Waals surface area contributed by atoms with Crippen molar-refractivity contribution in [3.63, 3.8) is 0 Å². The summed E-state index contributed by atoms with van der Waals surface area (Å²) in [6.07, 6.45) is 5.64. The Kier molecular flexibility index (Phi) is 4.84. The third kappa shape index (κ3) is 4.13. The van der Waals surface area contributed by atoms with E-state index in [9.17, 15) is 4.79 Å². The molecule has 0 fully saturated rings. The van der Waals surface area contributed by atoms with Crippen molar-refractivity contribution in [3.05, 3.63) is 36.3 Å². The molecule has 0 aliphatic rings. The molecule has 0 aromatic carbocycles. The molecule has 3 nitrogen and oxygen atoms in total. The number of anilines is 1. The Morgan fingerprint density at radius 3 is 2.73 bits per heavy atom. The van der Waals surface area contributed by atoms with Crippen LogP contribution in [0.3, 0.4) is 0 Å². The smallest absolute Gasteiger partial charge is 0.169 e. The number of nitrogens with one attached hydrogen (secondary N) is 2. The maximum absolute atomic E-state index is 11.2. The fourth-order valence-corrected chi connectivity index (χ4v) is 1.20. The lowest BCUT2D eigenvalue weighted by atomic mass is 10.2. The van der Waals surface area contributed by atoms with Gasteiger partial charge in [0.05, 0.1) is 11.6 Å². The Morgan fingerprint density at radius 1 is 1.53 bits per heavy atom. The third-order valence-corrected chi connectivity index (χ3v) is 2.14. The van der Waals surface area contributed by atoms with Crippen molar-refractivity contribution in [2.24, 2.45) is 0 Å². The van der Waals surface area contributed by atoms with E-state index in [0.29, 0.717) is 12.3 Å². The molecule has 2 N–H and O–H groups in total. The molecule has 1 heterocycles. The van der Waals surface area contributed by atoms with Gasteiger partial charge in [0, 0.05) is 30.3 Å². The highest BCUT2D eigenvalue weighted by Crippen LogP contribution is 2.08. The normalized spacial score (nSPS) is 11.2. The van der Waals surface area contributed by atoms with Gasteiger partial charge in [0.1, 0.15) is 0 Å². The molecule has 0 bridgehead atoms. The van der Waals surface area contributed by atoms with Crippen molar-refractivity contribution < 1.29 is 9.78 Å². The lowest BCUT2D eigenvalue weighted by molar-refractivity contribution is -0.377. The maximum Gasteiger partial charge on any atom is 0.169 e. The number of carbonyl (C=O) groups excluding carboxylic acids is 1. The fourth-order valence-electron chi connectivity index (χ4n) is 1.06. The van der Waals surface area contributed by atoms with Gasteiger partial charge in [0.2, 0.25) is 0 Å². The van der Waals surface area contributed by atoms with Crippen LogP contribution in [0.5, 0.6) is 0 Å². The van der Waals surface area contributed by atoms with Crippen LogP contribution in [-0.2, 0) is 4.79 Å². The quantitative estimate of drug-likeness (QED) is 0.616. The van der Waals surface area contributed by atoms with Crippen LogP contribution in [-0.4, -0.2) is 11.7 Å². The van der Waals surface area contributed by atoms with Crippen molar-refractivity contribution in [2.75, 3.05) is 11.2 Å². The molecule has 0 spiro atoms. The highest BCUT2D eigenvalue weighted by Gasteiger charge is 2.00. The second-order valence-electron chi connectivity index (χ2n) is 3.04. The van der Waals surface area contributed by atoms with Gasteiger partial charge in [0.25, 0.3) is 0 Å². The van der Waals surface area contributed by atoms with Crippen LogP contribution < -0.4 is 10.3 Å². The van der Waals surface area contributed by atoms with Gasteiger partial charge < -0.3 is 5.32 Å². The van der Waals surface area contributed by atoms with Crippen molar-refractivity contribution in [1.82, 2.24) is 0 Å². The van der Waals surface area contributed by atoms with E-state index in [0.717, 1.165) is 11.4 Å². The first kappa shape index (κ1) is 11.7. The predicted octanol–water partition coefficient (Wildman–Crippen LogP) is 2.01. The van der Waals surface area contributed by atoms with E-state index in [1.807, 2.05) is 19.1 Å². The number of H-pyrrole nitrogens is 1. The summed E-state index contributed by atoms with van der Waals surface area (Å²) in [5, 5.41) is 3.08. The average molecular weight is 226 g/mol. The Bertz CT molecular complexity index is 349. The average Bonchev–Trinajstić information content (AvgIpc) is 2.29. The van der Waals surface area contributed by atoms with Crippen molar-refractivity contribution >= 4 is 23.1 Å². The summed E-state index contributed by atoms with van der Waals surface area (Å²) >= 11 is 5.73. The lowest BCUT2D eigenvalue weighted by Crippen LogP contribution is -2.06. The van der Waals surface area contributed by atoms with Crippen LogP contribution >= 0.6 is 11.6 Å². The summed E-state index contributed by atoms with van der Waals surface area (Å²) in [6, 6.07) is 3.74. The summed E-state index contributed by atoms with van der Waals surface area (Å²) in [5.41, 5.74) is 1.62. The summed E-state index contributed by atoms with van der Waals surface area (Å²) < 4.78 is 0. The van der Waals surface area contributed by atoms with Crippen LogP contribution in [0.15, 0.2) is 36.3 Å². The molecule has 0 atom stereocenters. The van der Waals surface area contributed by atoms with Gasteiger partial charge in [-0.3, -0.25) is 4.79 Å². The highest BCUT2D eigenvalue weighted by molar-refractivity contribution is 6.20. The number of alkyl halides is 1. The largest absolute Gasteiger partial charge is 0.357 e. The van der Waals surface area contributed by atoms with Crippen molar-refractivity contribution in [3.8, 4) is 0 Å². The Labute approximate surface area is 94.2 Å². The van der Waals surface area contributed by atoms with E-state index in [1.165, 1.54) is 0 Å². The van der Waals surface area contributed by atoms with Crippen LogP contribution in [0.2, 0.25) is 0 Å². The zero-order valence-electron chi connectivity index (χ0n) is 8.59. The molecule has 1 rings (SSSR count). The molecular formula is C11H14ClN2O+. The second-order valence-corrected chi connectivity index (χ2v) is 3.30. The zero-order valence-corrected chi connectivity index (χ0v) is 9.34. The van der Waals surface area contributed by atoms with Gasteiger partial charge in [-0.25, -0.2) is 4.98 Å². The Morgan fingerprint density at radius 2 is 2.20 bits per heavy atom. The van der Waals surface area contributed by atoms with Gasteiger partial charge in [0.15, 0.2) is 18.2 Å². The molecule has 0 saturated heterocycles. The number of pyridine rings is 1. The minimum absolute atomic E-state index is 0.0700. The van der Waals surface area contributed by atoms with Crippen LogP contribution in [0.1, 0.15) is 13.3 Å². The van der Waals surface area contributed by atoms with Crippen LogP contribution in [0, 0.1) is 0 Å². The van der Waals surface area contributed by atoms with Gasteiger partial charge in [-0.2, -0.15) is 0 Å². The second kappa shape index (κ2) is 6.19. The van der Waals surface area contributed by atoms with Crippen LogP contribution in [0.4, 0.5) is 5.69 Å². The van der Waals surface area contributed by atoms with Gasteiger partial charge in [-0.1, -0.05) is 6.92 Å². The molecule has 1 aromatic rings. The van der Waals surface area contributed by atoms with Crippen LogP contribution in [0.25, 0.3) is 0 Å². The molecular weight excluding hydrogens is 212 g/mol. The zero-order chi connectivity index (χ0) is 11.1. The number of aromatic amines is 1. The predicted molar refractivity (Wildman–Crippen MR) is 60.7 cm³/mol. The van der Waals surface area contributed by atoms with Crippen molar-refractivity contribution in [2.45, 2.75) is 13.3 Å².